The van der Waals surface area contributed by atoms with E-state index in [1.54, 1.807) is 0 Å². The maximum absolute atomic E-state index is 11.7. The summed E-state index contributed by atoms with van der Waals surface area (Å²) in [5.41, 5.74) is 0. The van der Waals surface area contributed by atoms with Gasteiger partial charge in [0, 0.05) is 0 Å². The fourth-order valence-corrected chi connectivity index (χ4v) is 0.904. The second-order valence-electron chi connectivity index (χ2n) is 2.98. The van der Waals surface area contributed by atoms with Gasteiger partial charge in [0.1, 0.15) is 13.2 Å². The van der Waals surface area contributed by atoms with Crippen molar-refractivity contribution in [3.05, 3.63) is 11.8 Å². The minimum absolute atomic E-state index is 0.0390. The largest absolute Gasteiger partial charge is 0.421 e. The van der Waals surface area contributed by atoms with E-state index in [9.17, 15) is 13.2 Å². The van der Waals surface area contributed by atoms with Crippen molar-refractivity contribution < 1.29 is 22.3 Å². The zero-order valence-corrected chi connectivity index (χ0v) is 8.67. The number of alkyl halides is 3. The first-order valence-electron chi connectivity index (χ1n) is 4.67. The number of hydrogen-bond donors (Lipinski definition) is 1. The summed E-state index contributed by atoms with van der Waals surface area (Å²) in [5.74, 6) is 0.365. The number of hydrogen-bond acceptors (Lipinski definition) is 5. The molecule has 0 atom stereocenters. The lowest BCUT2D eigenvalue weighted by atomic mass is 10.6. The highest BCUT2D eigenvalue weighted by molar-refractivity contribution is 4.79. The molecule has 1 N–H and O–H groups in total. The standard InChI is InChI=1S/C8H12F3N3O2/c1-2-12-3-6-13-14-7(16-6)4-15-5-8(9,10)11/h12H,2-5H2,1H3. The average Bonchev–Trinajstić information content (AvgIpc) is 2.61. The van der Waals surface area contributed by atoms with Crippen LogP contribution < -0.4 is 5.32 Å². The van der Waals surface area contributed by atoms with Gasteiger partial charge in [-0.25, -0.2) is 0 Å². The Bertz CT molecular complexity index is 314. The van der Waals surface area contributed by atoms with Crippen molar-refractivity contribution >= 4 is 0 Å². The molecule has 0 unspecified atom stereocenters. The van der Waals surface area contributed by atoms with Gasteiger partial charge in [-0.2, -0.15) is 13.2 Å². The van der Waals surface area contributed by atoms with Gasteiger partial charge in [0.25, 0.3) is 0 Å². The zero-order chi connectivity index (χ0) is 12.0. The van der Waals surface area contributed by atoms with Gasteiger partial charge in [0.15, 0.2) is 0 Å². The van der Waals surface area contributed by atoms with Crippen LogP contribution in [-0.4, -0.2) is 29.5 Å². The van der Waals surface area contributed by atoms with Crippen molar-refractivity contribution in [1.29, 1.82) is 0 Å². The van der Waals surface area contributed by atoms with E-state index < -0.39 is 12.8 Å². The Morgan fingerprint density at radius 3 is 2.62 bits per heavy atom. The summed E-state index contributed by atoms with van der Waals surface area (Å²) in [7, 11) is 0. The molecule has 1 aromatic rings. The molecule has 92 valence electrons. The topological polar surface area (TPSA) is 60.2 Å². The highest BCUT2D eigenvalue weighted by Gasteiger charge is 2.27. The molecular formula is C8H12F3N3O2. The Balaban J connectivity index is 2.29. The van der Waals surface area contributed by atoms with Crippen LogP contribution in [0.2, 0.25) is 0 Å². The van der Waals surface area contributed by atoms with E-state index >= 15 is 0 Å². The second kappa shape index (κ2) is 5.80. The van der Waals surface area contributed by atoms with E-state index in [-0.39, 0.29) is 12.5 Å². The van der Waals surface area contributed by atoms with Crippen LogP contribution in [0.15, 0.2) is 4.42 Å². The van der Waals surface area contributed by atoms with E-state index in [0.717, 1.165) is 6.54 Å². The number of nitrogens with one attached hydrogen (secondary N) is 1. The van der Waals surface area contributed by atoms with E-state index in [4.69, 9.17) is 4.42 Å². The molecule has 1 rings (SSSR count). The maximum Gasteiger partial charge on any atom is 0.411 e. The Labute approximate surface area is 90.0 Å². The lowest BCUT2D eigenvalue weighted by molar-refractivity contribution is -0.177. The summed E-state index contributed by atoms with van der Waals surface area (Å²) in [4.78, 5) is 0. The fourth-order valence-electron chi connectivity index (χ4n) is 0.904. The number of ether oxygens (including phenoxy) is 1. The van der Waals surface area contributed by atoms with Crippen molar-refractivity contribution in [3.63, 3.8) is 0 Å². The monoisotopic (exact) mass is 239 g/mol. The number of aromatic nitrogens is 2. The van der Waals surface area contributed by atoms with Crippen LogP contribution in [0.25, 0.3) is 0 Å². The van der Waals surface area contributed by atoms with Crippen molar-refractivity contribution in [2.45, 2.75) is 26.3 Å². The lowest BCUT2D eigenvalue weighted by Crippen LogP contribution is -2.16. The first kappa shape index (κ1) is 12.9. The second-order valence-corrected chi connectivity index (χ2v) is 2.98. The molecule has 16 heavy (non-hydrogen) atoms. The van der Waals surface area contributed by atoms with Gasteiger partial charge in [-0.15, -0.1) is 10.2 Å². The van der Waals surface area contributed by atoms with E-state index in [1.807, 2.05) is 6.92 Å². The number of nitrogens with zero attached hydrogens (tertiary/aromatic N) is 2. The van der Waals surface area contributed by atoms with Crippen LogP contribution in [0.1, 0.15) is 18.7 Å². The third-order valence-corrected chi connectivity index (χ3v) is 1.53. The van der Waals surface area contributed by atoms with Crippen molar-refractivity contribution in [3.8, 4) is 0 Å². The summed E-state index contributed by atoms with van der Waals surface area (Å²) < 4.78 is 44.6. The van der Waals surface area contributed by atoms with Crippen molar-refractivity contribution in [2.24, 2.45) is 0 Å². The molecule has 0 amide bonds. The molecule has 8 heteroatoms. The van der Waals surface area contributed by atoms with Crippen molar-refractivity contribution in [1.82, 2.24) is 15.5 Å². The SMILES string of the molecule is CCNCc1nnc(COCC(F)(F)F)o1. The summed E-state index contributed by atoms with van der Waals surface area (Å²) in [5, 5.41) is 10.1. The highest BCUT2D eigenvalue weighted by atomic mass is 19.4. The summed E-state index contributed by atoms with van der Waals surface area (Å²) in [6.45, 7) is 1.38. The Kier molecular flexibility index (Phi) is 4.69. The summed E-state index contributed by atoms with van der Waals surface area (Å²) in [6, 6.07) is 0. The Hall–Kier alpha value is -1.15. The molecule has 0 aromatic carbocycles. The van der Waals surface area contributed by atoms with Gasteiger partial charge in [-0.1, -0.05) is 6.92 Å². The minimum Gasteiger partial charge on any atom is -0.421 e. The maximum atomic E-state index is 11.7. The van der Waals surface area contributed by atoms with Gasteiger partial charge in [0.2, 0.25) is 11.8 Å². The minimum atomic E-state index is -4.34. The number of halogens is 3. The Morgan fingerprint density at radius 2 is 2.00 bits per heavy atom. The van der Waals surface area contributed by atoms with Crippen LogP contribution in [0.4, 0.5) is 13.2 Å². The normalized spacial score (nSPS) is 12.0. The lowest BCUT2D eigenvalue weighted by Gasteiger charge is -2.04. The molecule has 0 saturated carbocycles. The zero-order valence-electron chi connectivity index (χ0n) is 8.67. The first-order chi connectivity index (χ1) is 7.51. The number of rotatable bonds is 6. The molecule has 0 radical (unpaired) electrons. The molecule has 0 bridgehead atoms. The summed E-state index contributed by atoms with van der Waals surface area (Å²) in [6.07, 6.45) is -4.34. The molecule has 0 fully saturated rings. The molecule has 0 spiro atoms. The smallest absolute Gasteiger partial charge is 0.411 e. The van der Waals surface area contributed by atoms with E-state index in [2.05, 4.69) is 20.3 Å². The molecule has 0 aliphatic rings. The molecule has 0 aliphatic heterocycles. The predicted molar refractivity (Wildman–Crippen MR) is 47.4 cm³/mol. The average molecular weight is 239 g/mol. The van der Waals surface area contributed by atoms with Crippen LogP contribution in [0.5, 0.6) is 0 Å². The van der Waals surface area contributed by atoms with Crippen LogP contribution in [-0.2, 0) is 17.9 Å². The van der Waals surface area contributed by atoms with Crippen LogP contribution >= 0.6 is 0 Å². The fraction of sp³-hybridized carbons (Fsp3) is 0.750. The molecule has 5 nitrogen and oxygen atoms in total. The third-order valence-electron chi connectivity index (χ3n) is 1.53. The van der Waals surface area contributed by atoms with E-state index in [0.29, 0.717) is 12.4 Å². The Morgan fingerprint density at radius 1 is 1.31 bits per heavy atom. The predicted octanol–water partition coefficient (Wildman–Crippen LogP) is 1.26. The molecule has 1 heterocycles. The van der Waals surface area contributed by atoms with Crippen molar-refractivity contribution in [2.75, 3.05) is 13.2 Å². The van der Waals surface area contributed by atoms with Crippen LogP contribution in [0.3, 0.4) is 0 Å². The van der Waals surface area contributed by atoms with Gasteiger partial charge in [-0.3, -0.25) is 0 Å². The highest BCUT2D eigenvalue weighted by Crippen LogP contribution is 2.15. The third kappa shape index (κ3) is 5.08. The van der Waals surface area contributed by atoms with Gasteiger partial charge in [0.05, 0.1) is 6.54 Å². The van der Waals surface area contributed by atoms with Gasteiger partial charge >= 0.3 is 6.18 Å². The first-order valence-corrected chi connectivity index (χ1v) is 4.67. The summed E-state index contributed by atoms with van der Waals surface area (Å²) >= 11 is 0. The van der Waals surface area contributed by atoms with Crippen LogP contribution in [0, 0.1) is 0 Å². The molecule has 0 saturated heterocycles. The molecular weight excluding hydrogens is 227 g/mol. The molecule has 1 aromatic heterocycles. The van der Waals surface area contributed by atoms with Gasteiger partial charge in [-0.05, 0) is 6.54 Å². The van der Waals surface area contributed by atoms with Gasteiger partial charge < -0.3 is 14.5 Å². The van der Waals surface area contributed by atoms with E-state index in [1.165, 1.54) is 0 Å². The quantitative estimate of drug-likeness (QED) is 0.809. The molecule has 0 aliphatic carbocycles.